The predicted molar refractivity (Wildman–Crippen MR) is 145 cm³/mol. The molecule has 3 N–H and O–H groups in total. The van der Waals surface area contributed by atoms with Crippen LogP contribution in [0.25, 0.3) is 0 Å². The van der Waals surface area contributed by atoms with E-state index in [1.54, 1.807) is 18.3 Å². The highest BCUT2D eigenvalue weighted by Crippen LogP contribution is 2.27. The van der Waals surface area contributed by atoms with Gasteiger partial charge >= 0.3 is 0 Å². The maximum Gasteiger partial charge on any atom is 0.268 e. The van der Waals surface area contributed by atoms with Crippen LogP contribution in [0.2, 0.25) is 0 Å². The number of rotatable bonds is 12. The summed E-state index contributed by atoms with van der Waals surface area (Å²) in [7, 11) is 2.11. The van der Waals surface area contributed by atoms with Crippen molar-refractivity contribution in [1.29, 1.82) is 0 Å². The summed E-state index contributed by atoms with van der Waals surface area (Å²) in [6.07, 6.45) is 5.86. The van der Waals surface area contributed by atoms with E-state index >= 15 is 0 Å². The number of likely N-dealkylation sites (tertiary alicyclic amines) is 1. The van der Waals surface area contributed by atoms with E-state index in [0.29, 0.717) is 30.3 Å². The number of anilines is 1. The first-order valence-corrected chi connectivity index (χ1v) is 13.5. The van der Waals surface area contributed by atoms with Crippen LogP contribution in [0.4, 0.5) is 5.69 Å². The summed E-state index contributed by atoms with van der Waals surface area (Å²) >= 11 is 0. The number of ether oxygens (including phenoxy) is 2. The van der Waals surface area contributed by atoms with E-state index in [4.69, 9.17) is 9.47 Å². The molecule has 1 saturated heterocycles. The summed E-state index contributed by atoms with van der Waals surface area (Å²) < 4.78 is 11.7. The summed E-state index contributed by atoms with van der Waals surface area (Å²) in [4.78, 5) is 36.2. The standard InChI is InChI=1S/C28H43N5O4/c1-7-9-10-23(32-28(35)26-18(3)25(19(4)30-26)20(5)36-8-2)27(34)31-21-11-12-24(29-17-21)37-22-13-15-33(6)16-14-22/h11-12,17,20,22-23,30H,7-10,13-16H2,1-6H3,(H,31,34)(H,32,35). The van der Waals surface area contributed by atoms with Crippen LogP contribution in [0.15, 0.2) is 18.3 Å². The van der Waals surface area contributed by atoms with Gasteiger partial charge in [-0.2, -0.15) is 0 Å². The van der Waals surface area contributed by atoms with E-state index in [-0.39, 0.29) is 24.0 Å². The van der Waals surface area contributed by atoms with Gasteiger partial charge in [0.2, 0.25) is 11.8 Å². The third-order valence-electron chi connectivity index (χ3n) is 6.97. The van der Waals surface area contributed by atoms with Crippen LogP contribution >= 0.6 is 0 Å². The predicted octanol–water partition coefficient (Wildman–Crippen LogP) is 4.52. The van der Waals surface area contributed by atoms with Crippen molar-refractivity contribution >= 4 is 17.5 Å². The number of pyridine rings is 1. The van der Waals surface area contributed by atoms with Crippen LogP contribution in [-0.4, -0.2) is 65.6 Å². The second kappa shape index (κ2) is 13.6. The molecule has 2 amide bonds. The first-order valence-electron chi connectivity index (χ1n) is 13.5. The summed E-state index contributed by atoms with van der Waals surface area (Å²) in [6.45, 7) is 12.4. The van der Waals surface area contributed by atoms with Crippen LogP contribution in [-0.2, 0) is 9.53 Å². The Kier molecular flexibility index (Phi) is 10.5. The quantitative estimate of drug-likeness (QED) is 0.385. The zero-order valence-corrected chi connectivity index (χ0v) is 23.1. The maximum atomic E-state index is 13.2. The average Bonchev–Trinajstić information content (AvgIpc) is 3.18. The number of hydrogen-bond donors (Lipinski definition) is 3. The number of aromatic nitrogens is 2. The van der Waals surface area contributed by atoms with Crippen molar-refractivity contribution in [3.05, 3.63) is 40.8 Å². The molecular formula is C28H43N5O4. The highest BCUT2D eigenvalue weighted by Gasteiger charge is 2.26. The Morgan fingerprint density at radius 3 is 2.57 bits per heavy atom. The monoisotopic (exact) mass is 513 g/mol. The number of aryl methyl sites for hydroxylation is 1. The lowest BCUT2D eigenvalue weighted by Gasteiger charge is -2.28. The van der Waals surface area contributed by atoms with Crippen molar-refractivity contribution in [3.63, 3.8) is 0 Å². The molecule has 0 radical (unpaired) electrons. The molecule has 0 aromatic carbocycles. The molecule has 1 fully saturated rings. The van der Waals surface area contributed by atoms with E-state index in [1.807, 2.05) is 27.7 Å². The Morgan fingerprint density at radius 1 is 1.22 bits per heavy atom. The molecule has 2 aromatic heterocycles. The number of carbonyl (C=O) groups excluding carboxylic acids is 2. The molecule has 0 bridgehead atoms. The van der Waals surface area contributed by atoms with Gasteiger partial charge in [-0.1, -0.05) is 19.8 Å². The SMILES string of the molecule is CCCCC(NC(=O)c1[nH]c(C)c(C(C)OCC)c1C)C(=O)Nc1ccc(OC2CCN(C)CC2)nc1. The van der Waals surface area contributed by atoms with Gasteiger partial charge in [0.15, 0.2) is 0 Å². The van der Waals surface area contributed by atoms with Gasteiger partial charge in [-0.05, 0) is 65.6 Å². The van der Waals surface area contributed by atoms with E-state index in [2.05, 4.69) is 39.5 Å². The molecule has 9 nitrogen and oxygen atoms in total. The molecule has 9 heteroatoms. The normalized spacial score (nSPS) is 16.3. The van der Waals surface area contributed by atoms with Crippen molar-refractivity contribution in [2.24, 2.45) is 0 Å². The zero-order valence-electron chi connectivity index (χ0n) is 23.1. The maximum absolute atomic E-state index is 13.2. The number of piperidine rings is 1. The lowest BCUT2D eigenvalue weighted by atomic mass is 10.0. The molecular weight excluding hydrogens is 470 g/mol. The highest BCUT2D eigenvalue weighted by atomic mass is 16.5. The van der Waals surface area contributed by atoms with Gasteiger partial charge in [0.05, 0.1) is 18.0 Å². The number of unbranched alkanes of at least 4 members (excludes halogenated alkanes) is 1. The fourth-order valence-electron chi connectivity index (χ4n) is 4.87. The van der Waals surface area contributed by atoms with Crippen molar-refractivity contribution in [2.45, 2.75) is 85.0 Å². The van der Waals surface area contributed by atoms with Gasteiger partial charge < -0.3 is 30.0 Å². The molecule has 3 rings (SSSR count). The third kappa shape index (κ3) is 7.79. The van der Waals surface area contributed by atoms with Gasteiger partial charge in [-0.3, -0.25) is 9.59 Å². The number of nitrogens with zero attached hydrogens (tertiary/aromatic N) is 2. The highest BCUT2D eigenvalue weighted by molar-refractivity contribution is 6.01. The molecule has 3 heterocycles. The molecule has 204 valence electrons. The van der Waals surface area contributed by atoms with Gasteiger partial charge in [0.25, 0.3) is 5.91 Å². The van der Waals surface area contributed by atoms with Crippen LogP contribution in [0.5, 0.6) is 5.88 Å². The second-order valence-electron chi connectivity index (χ2n) is 9.92. The molecule has 1 aliphatic heterocycles. The topological polar surface area (TPSA) is 109 Å². The van der Waals surface area contributed by atoms with Crippen LogP contribution in [0, 0.1) is 13.8 Å². The second-order valence-corrected chi connectivity index (χ2v) is 9.92. The van der Waals surface area contributed by atoms with Crippen molar-refractivity contribution in [1.82, 2.24) is 20.2 Å². The van der Waals surface area contributed by atoms with Crippen molar-refractivity contribution < 1.29 is 19.1 Å². The lowest BCUT2D eigenvalue weighted by molar-refractivity contribution is -0.118. The lowest BCUT2D eigenvalue weighted by Crippen LogP contribution is -2.44. The molecule has 2 unspecified atom stereocenters. The Bertz CT molecular complexity index is 1030. The minimum Gasteiger partial charge on any atom is -0.474 e. The number of H-pyrrole nitrogens is 1. The fourth-order valence-corrected chi connectivity index (χ4v) is 4.87. The van der Waals surface area contributed by atoms with Gasteiger partial charge in [0, 0.05) is 37.0 Å². The summed E-state index contributed by atoms with van der Waals surface area (Å²) in [5.41, 5.74) is 3.75. The molecule has 1 aliphatic rings. The van der Waals surface area contributed by atoms with Crippen LogP contribution < -0.4 is 15.4 Å². The van der Waals surface area contributed by atoms with E-state index in [0.717, 1.165) is 55.6 Å². The first-order chi connectivity index (χ1) is 17.7. The molecule has 37 heavy (non-hydrogen) atoms. The minimum atomic E-state index is -0.668. The van der Waals surface area contributed by atoms with E-state index in [1.165, 1.54) is 0 Å². The number of amides is 2. The first kappa shape index (κ1) is 28.7. The summed E-state index contributed by atoms with van der Waals surface area (Å²) in [6, 6.07) is 2.89. The van der Waals surface area contributed by atoms with Gasteiger partial charge in [0.1, 0.15) is 17.8 Å². The number of carbonyl (C=O) groups is 2. The number of aromatic amines is 1. The molecule has 2 aromatic rings. The molecule has 0 aliphatic carbocycles. The smallest absolute Gasteiger partial charge is 0.268 e. The summed E-state index contributed by atoms with van der Waals surface area (Å²) in [5.74, 6) is -0.0127. The number of nitrogens with one attached hydrogen (secondary N) is 3. The molecule has 0 spiro atoms. The zero-order chi connectivity index (χ0) is 26.9. The largest absolute Gasteiger partial charge is 0.474 e. The Hall–Kier alpha value is -2.91. The minimum absolute atomic E-state index is 0.124. The Labute approximate surface area is 220 Å². The van der Waals surface area contributed by atoms with Crippen LogP contribution in [0.3, 0.4) is 0 Å². The summed E-state index contributed by atoms with van der Waals surface area (Å²) in [5, 5.41) is 5.84. The third-order valence-corrected chi connectivity index (χ3v) is 6.97. The van der Waals surface area contributed by atoms with Crippen molar-refractivity contribution in [3.8, 4) is 5.88 Å². The molecule has 2 atom stereocenters. The number of hydrogen-bond acceptors (Lipinski definition) is 6. The van der Waals surface area contributed by atoms with E-state index < -0.39 is 6.04 Å². The molecule has 0 saturated carbocycles. The fraction of sp³-hybridized carbons (Fsp3) is 0.607. The van der Waals surface area contributed by atoms with Gasteiger partial charge in [-0.25, -0.2) is 4.98 Å². The van der Waals surface area contributed by atoms with Gasteiger partial charge in [-0.15, -0.1) is 0 Å². The Balaban J connectivity index is 1.64. The Morgan fingerprint density at radius 2 is 1.95 bits per heavy atom. The van der Waals surface area contributed by atoms with E-state index in [9.17, 15) is 9.59 Å². The van der Waals surface area contributed by atoms with Crippen LogP contribution in [0.1, 0.15) is 86.3 Å². The average molecular weight is 514 g/mol. The van der Waals surface area contributed by atoms with Crippen molar-refractivity contribution in [2.75, 3.05) is 32.1 Å².